The summed E-state index contributed by atoms with van der Waals surface area (Å²) in [6.45, 7) is 0. The maximum Gasteiger partial charge on any atom is 0.182 e. The Morgan fingerprint density at radius 2 is 2.00 bits per heavy atom. The Bertz CT molecular complexity index is 586. The smallest absolute Gasteiger partial charge is 0.182 e. The van der Waals surface area contributed by atoms with Crippen LogP contribution >= 0.6 is 15.9 Å². The molecular formula is C13H15BrO3S. The average Bonchev–Trinajstić information content (AvgIpc) is 3.12. The number of halogens is 1. The molecule has 0 aliphatic heterocycles. The Labute approximate surface area is 115 Å². The lowest BCUT2D eigenvalue weighted by Gasteiger charge is -2.10. The van der Waals surface area contributed by atoms with Crippen molar-refractivity contribution in [2.75, 3.05) is 0 Å². The molecule has 0 saturated heterocycles. The molecule has 98 valence electrons. The molecular weight excluding hydrogens is 316 g/mol. The van der Waals surface area contributed by atoms with Gasteiger partial charge in [-0.2, -0.15) is 0 Å². The Balaban J connectivity index is 1.89. The molecule has 2 fully saturated rings. The van der Waals surface area contributed by atoms with Crippen molar-refractivity contribution >= 4 is 25.8 Å². The molecule has 0 heterocycles. The van der Waals surface area contributed by atoms with E-state index >= 15 is 0 Å². The first-order valence-corrected chi connectivity index (χ1v) is 8.49. The fourth-order valence-electron chi connectivity index (χ4n) is 2.14. The van der Waals surface area contributed by atoms with E-state index in [-0.39, 0.29) is 5.25 Å². The number of hydrogen-bond donors (Lipinski definition) is 1. The van der Waals surface area contributed by atoms with Crippen molar-refractivity contribution in [3.63, 3.8) is 0 Å². The van der Waals surface area contributed by atoms with Crippen LogP contribution < -0.4 is 0 Å². The zero-order chi connectivity index (χ0) is 13.0. The summed E-state index contributed by atoms with van der Waals surface area (Å²) in [4.78, 5) is 0.386. The normalized spacial score (nSPS) is 21.9. The van der Waals surface area contributed by atoms with Gasteiger partial charge in [0, 0.05) is 10.9 Å². The van der Waals surface area contributed by atoms with Crippen LogP contribution in [0.5, 0.6) is 0 Å². The van der Waals surface area contributed by atoms with Gasteiger partial charge >= 0.3 is 0 Å². The molecule has 3 rings (SSSR count). The molecule has 0 bridgehead atoms. The quantitative estimate of drug-likeness (QED) is 0.922. The van der Waals surface area contributed by atoms with Crippen molar-refractivity contribution in [3.05, 3.63) is 28.2 Å². The highest BCUT2D eigenvalue weighted by Gasteiger charge is 2.41. The molecule has 5 heteroatoms. The standard InChI is InChI=1S/C13H15BrO3S/c14-11-7-9(8-13(15)5-6-13)1-4-12(11)18(16,17)10-2-3-10/h1,4,7,10,15H,2-3,5-6,8H2. The van der Waals surface area contributed by atoms with Gasteiger partial charge in [-0.05, 0) is 59.3 Å². The van der Waals surface area contributed by atoms with E-state index in [1.807, 2.05) is 12.1 Å². The maximum absolute atomic E-state index is 12.1. The number of aliphatic hydroxyl groups is 1. The first-order valence-electron chi connectivity index (χ1n) is 6.15. The van der Waals surface area contributed by atoms with E-state index in [1.165, 1.54) is 0 Å². The third kappa shape index (κ3) is 2.36. The first kappa shape index (κ1) is 12.6. The van der Waals surface area contributed by atoms with Crippen molar-refractivity contribution in [1.82, 2.24) is 0 Å². The molecule has 0 spiro atoms. The molecule has 3 nitrogen and oxygen atoms in total. The minimum Gasteiger partial charge on any atom is -0.390 e. The molecule has 1 N–H and O–H groups in total. The van der Waals surface area contributed by atoms with E-state index in [9.17, 15) is 13.5 Å². The number of benzene rings is 1. The molecule has 0 aromatic heterocycles. The van der Waals surface area contributed by atoms with Gasteiger partial charge in [-0.3, -0.25) is 0 Å². The van der Waals surface area contributed by atoms with Crippen molar-refractivity contribution < 1.29 is 13.5 Å². The lowest BCUT2D eigenvalue weighted by atomic mass is 10.1. The third-order valence-corrected chi connectivity index (χ3v) is 6.86. The maximum atomic E-state index is 12.1. The molecule has 1 aromatic carbocycles. The zero-order valence-electron chi connectivity index (χ0n) is 9.89. The topological polar surface area (TPSA) is 54.4 Å². The predicted octanol–water partition coefficient (Wildman–Crippen LogP) is 2.45. The second-order valence-corrected chi connectivity index (χ2v) is 8.46. The van der Waals surface area contributed by atoms with Crippen LogP contribution in [0.15, 0.2) is 27.6 Å². The van der Waals surface area contributed by atoms with Gasteiger partial charge in [0.15, 0.2) is 9.84 Å². The number of rotatable bonds is 4. The SMILES string of the molecule is O=S(=O)(c1ccc(CC2(O)CC2)cc1Br)C1CC1. The van der Waals surface area contributed by atoms with Crippen LogP contribution in [0.25, 0.3) is 0 Å². The van der Waals surface area contributed by atoms with Crippen LogP contribution in [-0.4, -0.2) is 24.4 Å². The zero-order valence-corrected chi connectivity index (χ0v) is 12.3. The summed E-state index contributed by atoms with van der Waals surface area (Å²) in [5, 5.41) is 9.68. The summed E-state index contributed by atoms with van der Waals surface area (Å²) < 4.78 is 24.9. The van der Waals surface area contributed by atoms with Crippen molar-refractivity contribution in [2.45, 2.75) is 47.9 Å². The summed E-state index contributed by atoms with van der Waals surface area (Å²) in [5.41, 5.74) is 0.438. The summed E-state index contributed by atoms with van der Waals surface area (Å²) in [6, 6.07) is 5.31. The van der Waals surface area contributed by atoms with Gasteiger partial charge in [-0.1, -0.05) is 6.07 Å². The Morgan fingerprint density at radius 1 is 1.33 bits per heavy atom. The van der Waals surface area contributed by atoms with E-state index in [0.29, 0.717) is 15.8 Å². The Hall–Kier alpha value is -0.390. The highest BCUT2D eigenvalue weighted by Crippen LogP contribution is 2.40. The largest absolute Gasteiger partial charge is 0.390 e. The second-order valence-electron chi connectivity index (χ2n) is 5.41. The van der Waals surface area contributed by atoms with Gasteiger partial charge in [0.2, 0.25) is 0 Å². The van der Waals surface area contributed by atoms with Crippen LogP contribution in [0.3, 0.4) is 0 Å². The van der Waals surface area contributed by atoms with E-state index in [1.54, 1.807) is 6.07 Å². The highest BCUT2D eigenvalue weighted by molar-refractivity contribution is 9.10. The third-order valence-electron chi connectivity index (χ3n) is 3.63. The minimum atomic E-state index is -3.15. The van der Waals surface area contributed by atoms with Crippen LogP contribution in [0.2, 0.25) is 0 Å². The Morgan fingerprint density at radius 3 is 2.50 bits per heavy atom. The van der Waals surface area contributed by atoms with Gasteiger partial charge in [0.05, 0.1) is 15.7 Å². The van der Waals surface area contributed by atoms with Crippen molar-refractivity contribution in [1.29, 1.82) is 0 Å². The monoisotopic (exact) mass is 330 g/mol. The molecule has 0 amide bonds. The summed E-state index contributed by atoms with van der Waals surface area (Å²) in [6.07, 6.45) is 3.83. The first-order chi connectivity index (χ1) is 8.41. The molecule has 0 unspecified atom stereocenters. The van der Waals surface area contributed by atoms with Gasteiger partial charge in [0.25, 0.3) is 0 Å². The lowest BCUT2D eigenvalue weighted by Crippen LogP contribution is -2.12. The predicted molar refractivity (Wildman–Crippen MR) is 72.2 cm³/mol. The van der Waals surface area contributed by atoms with Crippen LogP contribution in [0, 0.1) is 0 Å². The van der Waals surface area contributed by atoms with Crippen LogP contribution in [-0.2, 0) is 16.3 Å². The van der Waals surface area contributed by atoms with E-state index < -0.39 is 15.4 Å². The van der Waals surface area contributed by atoms with Gasteiger partial charge in [-0.25, -0.2) is 8.42 Å². The lowest BCUT2D eigenvalue weighted by molar-refractivity contribution is 0.151. The fourth-order valence-corrected chi connectivity index (χ4v) is 4.95. The number of sulfone groups is 1. The molecule has 1 aromatic rings. The molecule has 18 heavy (non-hydrogen) atoms. The minimum absolute atomic E-state index is 0.188. The molecule has 0 atom stereocenters. The molecule has 2 aliphatic carbocycles. The van der Waals surface area contributed by atoms with Crippen LogP contribution in [0.4, 0.5) is 0 Å². The second kappa shape index (κ2) is 4.05. The number of hydrogen-bond acceptors (Lipinski definition) is 3. The van der Waals surface area contributed by atoms with Crippen molar-refractivity contribution in [2.24, 2.45) is 0 Å². The van der Waals surface area contributed by atoms with Gasteiger partial charge in [-0.15, -0.1) is 0 Å². The molecule has 2 aliphatic rings. The Kier molecular flexibility index (Phi) is 2.84. The van der Waals surface area contributed by atoms with Crippen LogP contribution in [0.1, 0.15) is 31.2 Å². The van der Waals surface area contributed by atoms with Crippen molar-refractivity contribution in [3.8, 4) is 0 Å². The summed E-state index contributed by atoms with van der Waals surface area (Å²) >= 11 is 3.35. The molecule has 0 radical (unpaired) electrons. The highest BCUT2D eigenvalue weighted by atomic mass is 79.9. The average molecular weight is 331 g/mol. The van der Waals surface area contributed by atoms with E-state index in [4.69, 9.17) is 0 Å². The molecule has 2 saturated carbocycles. The van der Waals surface area contributed by atoms with E-state index in [2.05, 4.69) is 15.9 Å². The van der Waals surface area contributed by atoms with E-state index in [0.717, 1.165) is 31.2 Å². The summed E-state index contributed by atoms with van der Waals surface area (Å²) in [7, 11) is -3.15. The van der Waals surface area contributed by atoms with Gasteiger partial charge < -0.3 is 5.11 Å². The fraction of sp³-hybridized carbons (Fsp3) is 0.538. The van der Waals surface area contributed by atoms with Gasteiger partial charge in [0.1, 0.15) is 0 Å². The summed E-state index contributed by atoms with van der Waals surface area (Å²) in [5.74, 6) is 0.